The molecule has 0 aliphatic rings. The lowest BCUT2D eigenvalue weighted by atomic mass is 10.1. The predicted molar refractivity (Wildman–Crippen MR) is 67.9 cm³/mol. The fourth-order valence-corrected chi connectivity index (χ4v) is 1.49. The van der Waals surface area contributed by atoms with E-state index in [2.05, 4.69) is 5.32 Å². The van der Waals surface area contributed by atoms with Crippen LogP contribution in [0.4, 0.5) is 0 Å². The number of nitrogens with one attached hydrogen (secondary N) is 1. The first-order chi connectivity index (χ1) is 8.13. The predicted octanol–water partition coefficient (Wildman–Crippen LogP) is 1.49. The van der Waals surface area contributed by atoms with Crippen molar-refractivity contribution in [3.63, 3.8) is 0 Å². The van der Waals surface area contributed by atoms with Crippen LogP contribution in [0.15, 0.2) is 24.3 Å². The molecular weight excluding hydrogens is 240 g/mol. The quantitative estimate of drug-likeness (QED) is 0.758. The molecule has 0 fully saturated rings. The van der Waals surface area contributed by atoms with Gasteiger partial charge in [-0.2, -0.15) is 0 Å². The number of rotatable bonds is 6. The minimum Gasteiger partial charge on any atom is -0.370 e. The summed E-state index contributed by atoms with van der Waals surface area (Å²) in [5.74, 6) is -0.152. The SMILES string of the molecule is C[C@@H](NC(=O)COCCN)c1ccc(Cl)cc1. The molecule has 0 bridgehead atoms. The van der Waals surface area contributed by atoms with E-state index < -0.39 is 0 Å². The molecule has 0 saturated carbocycles. The van der Waals surface area contributed by atoms with Crippen LogP contribution in [0.3, 0.4) is 0 Å². The highest BCUT2D eigenvalue weighted by Gasteiger charge is 2.09. The van der Waals surface area contributed by atoms with Crippen LogP contribution >= 0.6 is 11.6 Å². The normalized spacial score (nSPS) is 12.2. The third-order valence-corrected chi connectivity index (χ3v) is 2.49. The van der Waals surface area contributed by atoms with Gasteiger partial charge in [-0.05, 0) is 24.6 Å². The van der Waals surface area contributed by atoms with Crippen LogP contribution in [0.1, 0.15) is 18.5 Å². The highest BCUT2D eigenvalue weighted by atomic mass is 35.5. The Balaban J connectivity index is 2.40. The largest absolute Gasteiger partial charge is 0.370 e. The van der Waals surface area contributed by atoms with Crippen molar-refractivity contribution in [2.24, 2.45) is 5.73 Å². The number of hydrogen-bond donors (Lipinski definition) is 2. The first-order valence-corrected chi connectivity index (χ1v) is 5.84. The molecule has 1 amide bonds. The molecule has 0 heterocycles. The van der Waals surface area contributed by atoms with E-state index in [9.17, 15) is 4.79 Å². The fraction of sp³-hybridized carbons (Fsp3) is 0.417. The average molecular weight is 257 g/mol. The number of benzene rings is 1. The van der Waals surface area contributed by atoms with Gasteiger partial charge in [-0.15, -0.1) is 0 Å². The Morgan fingerprint density at radius 3 is 2.71 bits per heavy atom. The summed E-state index contributed by atoms with van der Waals surface area (Å²) < 4.78 is 5.04. The molecule has 0 aliphatic heterocycles. The number of halogens is 1. The molecule has 0 spiro atoms. The molecular formula is C12H17ClN2O2. The lowest BCUT2D eigenvalue weighted by Gasteiger charge is -2.14. The van der Waals surface area contributed by atoms with E-state index >= 15 is 0 Å². The van der Waals surface area contributed by atoms with Crippen molar-refractivity contribution in [3.05, 3.63) is 34.9 Å². The lowest BCUT2D eigenvalue weighted by molar-refractivity contribution is -0.126. The lowest BCUT2D eigenvalue weighted by Crippen LogP contribution is -2.30. The molecule has 0 saturated heterocycles. The standard InChI is InChI=1S/C12H17ClN2O2/c1-9(10-2-4-11(13)5-3-10)15-12(16)8-17-7-6-14/h2-5,9H,6-8,14H2,1H3,(H,15,16)/t9-/m1/s1. The number of amides is 1. The van der Waals surface area contributed by atoms with Gasteiger partial charge in [0.05, 0.1) is 12.6 Å². The summed E-state index contributed by atoms with van der Waals surface area (Å²) >= 11 is 5.79. The maximum Gasteiger partial charge on any atom is 0.246 e. The Hall–Kier alpha value is -1.10. The first kappa shape index (κ1) is 14.0. The van der Waals surface area contributed by atoms with Crippen LogP contribution in [0.5, 0.6) is 0 Å². The van der Waals surface area contributed by atoms with Gasteiger partial charge in [0.2, 0.25) is 5.91 Å². The van der Waals surface area contributed by atoms with Crippen molar-refractivity contribution < 1.29 is 9.53 Å². The van der Waals surface area contributed by atoms with E-state index in [1.807, 2.05) is 19.1 Å². The second-order valence-corrected chi connectivity index (χ2v) is 4.12. The van der Waals surface area contributed by atoms with E-state index in [1.54, 1.807) is 12.1 Å². The van der Waals surface area contributed by atoms with Gasteiger partial charge in [-0.3, -0.25) is 4.79 Å². The van der Waals surface area contributed by atoms with Gasteiger partial charge < -0.3 is 15.8 Å². The average Bonchev–Trinajstić information content (AvgIpc) is 2.30. The summed E-state index contributed by atoms with van der Waals surface area (Å²) in [6, 6.07) is 7.29. The molecule has 1 atom stereocenters. The summed E-state index contributed by atoms with van der Waals surface area (Å²) in [6.45, 7) is 2.75. The van der Waals surface area contributed by atoms with Gasteiger partial charge in [0.25, 0.3) is 0 Å². The number of nitrogens with two attached hydrogens (primary N) is 1. The molecule has 0 aliphatic carbocycles. The van der Waals surface area contributed by atoms with Gasteiger partial charge in [-0.25, -0.2) is 0 Å². The molecule has 0 aromatic heterocycles. The van der Waals surface area contributed by atoms with Crippen molar-refractivity contribution in [2.75, 3.05) is 19.8 Å². The molecule has 1 aromatic rings. The van der Waals surface area contributed by atoms with Crippen LogP contribution in [0.25, 0.3) is 0 Å². The second kappa shape index (κ2) is 7.27. The summed E-state index contributed by atoms with van der Waals surface area (Å²) in [6.07, 6.45) is 0. The molecule has 1 rings (SSSR count). The van der Waals surface area contributed by atoms with Gasteiger partial charge in [0, 0.05) is 11.6 Å². The summed E-state index contributed by atoms with van der Waals surface area (Å²) in [5.41, 5.74) is 6.25. The zero-order chi connectivity index (χ0) is 12.7. The number of hydrogen-bond acceptors (Lipinski definition) is 3. The van der Waals surface area contributed by atoms with E-state index in [0.717, 1.165) is 5.56 Å². The zero-order valence-corrected chi connectivity index (χ0v) is 10.5. The fourth-order valence-electron chi connectivity index (χ4n) is 1.37. The Morgan fingerprint density at radius 2 is 2.12 bits per heavy atom. The Bertz CT molecular complexity index is 354. The third kappa shape index (κ3) is 5.17. The van der Waals surface area contributed by atoms with Crippen LogP contribution < -0.4 is 11.1 Å². The zero-order valence-electron chi connectivity index (χ0n) is 9.78. The van der Waals surface area contributed by atoms with E-state index in [4.69, 9.17) is 22.1 Å². The second-order valence-electron chi connectivity index (χ2n) is 3.68. The van der Waals surface area contributed by atoms with Gasteiger partial charge in [0.15, 0.2) is 0 Å². The topological polar surface area (TPSA) is 64.3 Å². The third-order valence-electron chi connectivity index (χ3n) is 2.24. The van der Waals surface area contributed by atoms with Crippen LogP contribution in [-0.2, 0) is 9.53 Å². The Morgan fingerprint density at radius 1 is 1.47 bits per heavy atom. The summed E-state index contributed by atoms with van der Waals surface area (Å²) in [7, 11) is 0. The molecule has 17 heavy (non-hydrogen) atoms. The van der Waals surface area contributed by atoms with Crippen molar-refractivity contribution >= 4 is 17.5 Å². The maximum atomic E-state index is 11.5. The van der Waals surface area contributed by atoms with Crippen LogP contribution in [0, 0.1) is 0 Å². The molecule has 94 valence electrons. The maximum absolute atomic E-state index is 11.5. The molecule has 0 unspecified atom stereocenters. The van der Waals surface area contributed by atoms with Crippen LogP contribution in [-0.4, -0.2) is 25.7 Å². The number of ether oxygens (including phenoxy) is 1. The van der Waals surface area contributed by atoms with Crippen molar-refractivity contribution in [1.29, 1.82) is 0 Å². The smallest absolute Gasteiger partial charge is 0.246 e. The van der Waals surface area contributed by atoms with Gasteiger partial charge >= 0.3 is 0 Å². The van der Waals surface area contributed by atoms with E-state index in [0.29, 0.717) is 18.2 Å². The molecule has 0 radical (unpaired) electrons. The Labute approximate surface area is 106 Å². The molecule has 5 heteroatoms. The number of carbonyl (C=O) groups is 1. The monoisotopic (exact) mass is 256 g/mol. The Kier molecular flexibility index (Phi) is 5.97. The highest BCUT2D eigenvalue weighted by Crippen LogP contribution is 2.15. The summed E-state index contributed by atoms with van der Waals surface area (Å²) in [4.78, 5) is 11.5. The van der Waals surface area contributed by atoms with Gasteiger partial charge in [-0.1, -0.05) is 23.7 Å². The van der Waals surface area contributed by atoms with Crippen LogP contribution in [0.2, 0.25) is 5.02 Å². The van der Waals surface area contributed by atoms with E-state index in [1.165, 1.54) is 0 Å². The van der Waals surface area contributed by atoms with Crippen molar-refractivity contribution in [2.45, 2.75) is 13.0 Å². The summed E-state index contributed by atoms with van der Waals surface area (Å²) in [5, 5.41) is 3.51. The van der Waals surface area contributed by atoms with Crippen molar-refractivity contribution in [1.82, 2.24) is 5.32 Å². The number of carbonyl (C=O) groups excluding carboxylic acids is 1. The van der Waals surface area contributed by atoms with Crippen molar-refractivity contribution in [3.8, 4) is 0 Å². The molecule has 3 N–H and O–H groups in total. The van der Waals surface area contributed by atoms with Gasteiger partial charge in [0.1, 0.15) is 6.61 Å². The van der Waals surface area contributed by atoms with E-state index in [-0.39, 0.29) is 18.6 Å². The molecule has 1 aromatic carbocycles. The minimum absolute atomic E-state index is 0.0368. The minimum atomic E-state index is -0.152. The first-order valence-electron chi connectivity index (χ1n) is 5.46. The highest BCUT2D eigenvalue weighted by molar-refractivity contribution is 6.30. The molecule has 4 nitrogen and oxygen atoms in total.